The zero-order valence-corrected chi connectivity index (χ0v) is 14.1. The van der Waals surface area contributed by atoms with Crippen LogP contribution in [0.5, 0.6) is 5.75 Å². The molecule has 1 heterocycles. The normalized spacial score (nSPS) is 12.5. The second kappa shape index (κ2) is 6.21. The third kappa shape index (κ3) is 2.94. The van der Waals surface area contributed by atoms with Crippen LogP contribution in [0.3, 0.4) is 0 Å². The summed E-state index contributed by atoms with van der Waals surface area (Å²) < 4.78 is 6.82. The number of aryl methyl sites for hydroxylation is 1. The van der Waals surface area contributed by atoms with Crippen LogP contribution in [0.15, 0.2) is 23.6 Å². The molecular weight excluding hydrogens is 371 g/mol. The standard InChI is InChI=1S/C14H17IN2OS/c1-8-4-5-11(14(18-3)9(8)2)13(17-16)10-6-12(15)19-7-10/h4-7,13,17H,16H2,1-3H3. The topological polar surface area (TPSA) is 47.3 Å². The SMILES string of the molecule is COc1c(C(NN)c2csc(I)c2)ccc(C)c1C. The van der Waals surface area contributed by atoms with E-state index in [-0.39, 0.29) is 6.04 Å². The van der Waals surface area contributed by atoms with Gasteiger partial charge in [-0.3, -0.25) is 5.84 Å². The molecule has 0 bridgehead atoms. The number of rotatable bonds is 4. The predicted octanol–water partition coefficient (Wildman–Crippen LogP) is 3.53. The Balaban J connectivity index is 2.52. The van der Waals surface area contributed by atoms with Crippen molar-refractivity contribution in [2.24, 2.45) is 5.84 Å². The molecule has 2 rings (SSSR count). The highest BCUT2D eigenvalue weighted by Gasteiger charge is 2.20. The first kappa shape index (κ1) is 14.8. The van der Waals surface area contributed by atoms with E-state index in [1.165, 1.54) is 14.0 Å². The maximum absolute atomic E-state index is 5.75. The summed E-state index contributed by atoms with van der Waals surface area (Å²) in [5.74, 6) is 6.66. The van der Waals surface area contributed by atoms with E-state index in [1.807, 2.05) is 0 Å². The number of nitrogens with two attached hydrogens (primary N) is 1. The van der Waals surface area contributed by atoms with E-state index in [4.69, 9.17) is 10.6 Å². The third-order valence-corrected chi connectivity index (χ3v) is 5.12. The van der Waals surface area contributed by atoms with Crippen molar-refractivity contribution < 1.29 is 4.74 Å². The molecule has 102 valence electrons. The highest BCUT2D eigenvalue weighted by Crippen LogP contribution is 2.35. The van der Waals surface area contributed by atoms with Crippen LogP contribution in [-0.2, 0) is 0 Å². The molecule has 1 unspecified atom stereocenters. The van der Waals surface area contributed by atoms with Crippen molar-refractivity contribution >= 4 is 33.9 Å². The molecule has 2 aromatic rings. The molecule has 0 aliphatic rings. The van der Waals surface area contributed by atoms with Crippen molar-refractivity contribution in [2.75, 3.05) is 7.11 Å². The number of hydrogen-bond donors (Lipinski definition) is 2. The van der Waals surface area contributed by atoms with Crippen LogP contribution < -0.4 is 16.0 Å². The molecular formula is C14H17IN2OS. The zero-order valence-electron chi connectivity index (χ0n) is 11.2. The van der Waals surface area contributed by atoms with E-state index in [0.29, 0.717) is 0 Å². The molecule has 1 aromatic carbocycles. The number of benzene rings is 1. The molecule has 0 radical (unpaired) electrons. The fraction of sp³-hybridized carbons (Fsp3) is 0.286. The van der Waals surface area contributed by atoms with E-state index < -0.39 is 0 Å². The molecule has 3 nitrogen and oxygen atoms in total. The molecule has 1 aromatic heterocycles. The molecule has 3 N–H and O–H groups in total. The van der Waals surface area contributed by atoms with Gasteiger partial charge in [-0.1, -0.05) is 12.1 Å². The molecule has 0 spiro atoms. The number of halogens is 1. The smallest absolute Gasteiger partial charge is 0.127 e. The van der Waals surface area contributed by atoms with Crippen LogP contribution in [0, 0.1) is 16.7 Å². The van der Waals surface area contributed by atoms with Crippen LogP contribution in [0.1, 0.15) is 28.3 Å². The second-order valence-corrected chi connectivity index (χ2v) is 7.22. The molecule has 0 saturated carbocycles. The number of methoxy groups -OCH3 is 1. The van der Waals surface area contributed by atoms with E-state index in [1.54, 1.807) is 18.4 Å². The molecule has 19 heavy (non-hydrogen) atoms. The number of nitrogens with one attached hydrogen (secondary N) is 1. The Labute approximate surface area is 131 Å². The summed E-state index contributed by atoms with van der Waals surface area (Å²) in [5.41, 5.74) is 7.51. The Kier molecular flexibility index (Phi) is 4.83. The van der Waals surface area contributed by atoms with Gasteiger partial charge in [0.25, 0.3) is 0 Å². The summed E-state index contributed by atoms with van der Waals surface area (Å²) in [4.78, 5) is 0. The summed E-state index contributed by atoms with van der Waals surface area (Å²) in [6.45, 7) is 4.16. The Bertz CT molecular complexity index is 583. The summed E-state index contributed by atoms with van der Waals surface area (Å²) in [5, 5.41) is 2.13. The molecule has 1 atom stereocenters. The lowest BCUT2D eigenvalue weighted by molar-refractivity contribution is 0.401. The van der Waals surface area contributed by atoms with E-state index in [9.17, 15) is 0 Å². The minimum atomic E-state index is -0.0472. The molecule has 0 aliphatic carbocycles. The van der Waals surface area contributed by atoms with Gasteiger partial charge in [-0.2, -0.15) is 0 Å². The Hall–Kier alpha value is -0.630. The van der Waals surface area contributed by atoms with Gasteiger partial charge in [0.15, 0.2) is 0 Å². The Morgan fingerprint density at radius 2 is 2.11 bits per heavy atom. The van der Waals surface area contributed by atoms with Crippen molar-refractivity contribution in [1.29, 1.82) is 0 Å². The van der Waals surface area contributed by atoms with Gasteiger partial charge in [-0.05, 0) is 64.6 Å². The second-order valence-electron chi connectivity index (χ2n) is 4.41. The van der Waals surface area contributed by atoms with Crippen LogP contribution in [-0.4, -0.2) is 7.11 Å². The van der Waals surface area contributed by atoms with Crippen molar-refractivity contribution in [1.82, 2.24) is 5.43 Å². The first-order valence-electron chi connectivity index (χ1n) is 5.92. The largest absolute Gasteiger partial charge is 0.496 e. The van der Waals surface area contributed by atoms with Gasteiger partial charge in [-0.25, -0.2) is 5.43 Å². The lowest BCUT2D eigenvalue weighted by atomic mass is 9.96. The van der Waals surface area contributed by atoms with Crippen molar-refractivity contribution in [3.8, 4) is 5.75 Å². The minimum absolute atomic E-state index is 0.0472. The van der Waals surface area contributed by atoms with Gasteiger partial charge in [0.2, 0.25) is 0 Å². The predicted molar refractivity (Wildman–Crippen MR) is 88.7 cm³/mol. The highest BCUT2D eigenvalue weighted by atomic mass is 127. The van der Waals surface area contributed by atoms with E-state index in [2.05, 4.69) is 65.4 Å². The fourth-order valence-corrected chi connectivity index (χ4v) is 3.55. The first-order chi connectivity index (χ1) is 9.08. The maximum atomic E-state index is 5.75. The van der Waals surface area contributed by atoms with Crippen LogP contribution in [0.2, 0.25) is 0 Å². The minimum Gasteiger partial charge on any atom is -0.496 e. The highest BCUT2D eigenvalue weighted by molar-refractivity contribution is 14.1. The average Bonchev–Trinajstić information content (AvgIpc) is 2.81. The molecule has 0 fully saturated rings. The van der Waals surface area contributed by atoms with E-state index in [0.717, 1.165) is 16.9 Å². The van der Waals surface area contributed by atoms with Crippen LogP contribution in [0.25, 0.3) is 0 Å². The lowest BCUT2D eigenvalue weighted by Crippen LogP contribution is -2.29. The van der Waals surface area contributed by atoms with Crippen molar-refractivity contribution in [3.63, 3.8) is 0 Å². The van der Waals surface area contributed by atoms with Gasteiger partial charge in [0.05, 0.1) is 16.0 Å². The monoisotopic (exact) mass is 388 g/mol. The lowest BCUT2D eigenvalue weighted by Gasteiger charge is -2.20. The number of ether oxygens (including phenoxy) is 1. The Morgan fingerprint density at radius 1 is 1.37 bits per heavy atom. The molecule has 5 heteroatoms. The fourth-order valence-electron chi connectivity index (χ4n) is 2.15. The van der Waals surface area contributed by atoms with Gasteiger partial charge in [-0.15, -0.1) is 11.3 Å². The summed E-state index contributed by atoms with van der Waals surface area (Å²) in [6, 6.07) is 6.28. The van der Waals surface area contributed by atoms with E-state index >= 15 is 0 Å². The zero-order chi connectivity index (χ0) is 14.0. The quantitative estimate of drug-likeness (QED) is 0.479. The van der Waals surface area contributed by atoms with Crippen molar-refractivity contribution in [3.05, 3.63) is 48.7 Å². The number of hydrazine groups is 1. The molecule has 0 saturated heterocycles. The van der Waals surface area contributed by atoms with Gasteiger partial charge < -0.3 is 4.74 Å². The summed E-state index contributed by atoms with van der Waals surface area (Å²) in [6.07, 6.45) is 0. The molecule has 0 amide bonds. The Morgan fingerprint density at radius 3 is 2.63 bits per heavy atom. The molecule has 0 aliphatic heterocycles. The van der Waals surface area contributed by atoms with Gasteiger partial charge >= 0.3 is 0 Å². The first-order valence-corrected chi connectivity index (χ1v) is 7.88. The number of thiophene rings is 1. The third-order valence-electron chi connectivity index (χ3n) is 3.31. The summed E-state index contributed by atoms with van der Waals surface area (Å²) in [7, 11) is 1.70. The van der Waals surface area contributed by atoms with Gasteiger partial charge in [0.1, 0.15) is 5.75 Å². The van der Waals surface area contributed by atoms with Crippen molar-refractivity contribution in [2.45, 2.75) is 19.9 Å². The average molecular weight is 388 g/mol. The van der Waals surface area contributed by atoms with Crippen LogP contribution in [0.4, 0.5) is 0 Å². The number of hydrogen-bond acceptors (Lipinski definition) is 4. The maximum Gasteiger partial charge on any atom is 0.127 e. The summed E-state index contributed by atoms with van der Waals surface area (Å²) >= 11 is 4.03. The van der Waals surface area contributed by atoms with Crippen LogP contribution >= 0.6 is 33.9 Å². The van der Waals surface area contributed by atoms with Gasteiger partial charge in [0, 0.05) is 5.56 Å².